The summed E-state index contributed by atoms with van der Waals surface area (Å²) >= 11 is 0. The standard InChI is InChI=1S/C12H18FNO/c1-3-6-15-9-11-7-10(8-14-2)4-5-12(11)13/h4-5,7,14H,3,6,8-9H2,1-2H3. The van der Waals surface area contributed by atoms with Gasteiger partial charge in [-0.15, -0.1) is 0 Å². The fourth-order valence-corrected chi connectivity index (χ4v) is 1.38. The van der Waals surface area contributed by atoms with Crippen LogP contribution in [0, 0.1) is 5.82 Å². The highest BCUT2D eigenvalue weighted by atomic mass is 19.1. The highest BCUT2D eigenvalue weighted by molar-refractivity contribution is 5.24. The molecule has 0 saturated heterocycles. The van der Waals surface area contributed by atoms with Crippen LogP contribution in [0.15, 0.2) is 18.2 Å². The molecule has 0 radical (unpaired) electrons. The Morgan fingerprint density at radius 2 is 2.20 bits per heavy atom. The van der Waals surface area contributed by atoms with Crippen molar-refractivity contribution in [2.24, 2.45) is 0 Å². The molecule has 0 saturated carbocycles. The molecule has 2 nitrogen and oxygen atoms in total. The van der Waals surface area contributed by atoms with E-state index in [1.807, 2.05) is 20.0 Å². The molecular weight excluding hydrogens is 193 g/mol. The SMILES string of the molecule is CCCOCc1cc(CNC)ccc1F. The second-order valence-corrected chi connectivity index (χ2v) is 3.51. The number of nitrogens with one attached hydrogen (secondary N) is 1. The van der Waals surface area contributed by atoms with Crippen molar-refractivity contribution in [3.63, 3.8) is 0 Å². The maximum Gasteiger partial charge on any atom is 0.128 e. The van der Waals surface area contributed by atoms with Gasteiger partial charge in [0.15, 0.2) is 0 Å². The van der Waals surface area contributed by atoms with E-state index >= 15 is 0 Å². The van der Waals surface area contributed by atoms with Crippen molar-refractivity contribution in [3.8, 4) is 0 Å². The van der Waals surface area contributed by atoms with E-state index in [2.05, 4.69) is 5.32 Å². The second-order valence-electron chi connectivity index (χ2n) is 3.51. The normalized spacial score (nSPS) is 10.6. The first-order valence-corrected chi connectivity index (χ1v) is 5.27. The third kappa shape index (κ3) is 3.98. The first kappa shape index (κ1) is 12.1. The summed E-state index contributed by atoms with van der Waals surface area (Å²) in [6.45, 7) is 3.82. The number of benzene rings is 1. The molecule has 3 heteroatoms. The van der Waals surface area contributed by atoms with Crippen LogP contribution in [-0.4, -0.2) is 13.7 Å². The Morgan fingerprint density at radius 1 is 1.40 bits per heavy atom. The van der Waals surface area contributed by atoms with Gasteiger partial charge in [-0.25, -0.2) is 4.39 Å². The Morgan fingerprint density at radius 3 is 2.87 bits per heavy atom. The van der Waals surface area contributed by atoms with Gasteiger partial charge in [0.25, 0.3) is 0 Å². The first-order valence-electron chi connectivity index (χ1n) is 5.27. The molecule has 1 aromatic rings. The van der Waals surface area contributed by atoms with E-state index in [1.165, 1.54) is 6.07 Å². The monoisotopic (exact) mass is 211 g/mol. The molecule has 0 spiro atoms. The fraction of sp³-hybridized carbons (Fsp3) is 0.500. The van der Waals surface area contributed by atoms with Gasteiger partial charge in [0.2, 0.25) is 0 Å². The Bertz CT molecular complexity index is 302. The second kappa shape index (κ2) is 6.53. The summed E-state index contributed by atoms with van der Waals surface area (Å²) in [4.78, 5) is 0. The molecule has 1 rings (SSSR count). The number of hydrogen-bond acceptors (Lipinski definition) is 2. The highest BCUT2D eigenvalue weighted by Gasteiger charge is 2.03. The van der Waals surface area contributed by atoms with E-state index in [9.17, 15) is 4.39 Å². The van der Waals surface area contributed by atoms with Gasteiger partial charge in [-0.05, 0) is 31.2 Å². The summed E-state index contributed by atoms with van der Waals surface area (Å²) < 4.78 is 18.7. The zero-order chi connectivity index (χ0) is 11.1. The average Bonchev–Trinajstić information content (AvgIpc) is 2.23. The number of rotatable bonds is 6. The lowest BCUT2D eigenvalue weighted by atomic mass is 10.1. The van der Waals surface area contributed by atoms with Crippen LogP contribution in [0.2, 0.25) is 0 Å². The third-order valence-electron chi connectivity index (χ3n) is 2.10. The van der Waals surface area contributed by atoms with Crippen LogP contribution in [-0.2, 0) is 17.9 Å². The zero-order valence-electron chi connectivity index (χ0n) is 9.35. The van der Waals surface area contributed by atoms with Crippen LogP contribution >= 0.6 is 0 Å². The van der Waals surface area contributed by atoms with E-state index < -0.39 is 0 Å². The molecule has 1 N–H and O–H groups in total. The molecule has 1 aromatic carbocycles. The van der Waals surface area contributed by atoms with E-state index in [1.54, 1.807) is 6.07 Å². The van der Waals surface area contributed by atoms with Gasteiger partial charge in [0, 0.05) is 18.7 Å². The van der Waals surface area contributed by atoms with Crippen molar-refractivity contribution in [1.29, 1.82) is 0 Å². The van der Waals surface area contributed by atoms with Gasteiger partial charge < -0.3 is 10.1 Å². The van der Waals surface area contributed by atoms with Crippen LogP contribution in [0.4, 0.5) is 4.39 Å². The molecule has 0 atom stereocenters. The molecule has 0 aliphatic carbocycles. The molecule has 0 aromatic heterocycles. The van der Waals surface area contributed by atoms with Gasteiger partial charge in [-0.3, -0.25) is 0 Å². The largest absolute Gasteiger partial charge is 0.377 e. The lowest BCUT2D eigenvalue weighted by Crippen LogP contribution is -2.06. The van der Waals surface area contributed by atoms with E-state index in [4.69, 9.17) is 4.74 Å². The van der Waals surface area contributed by atoms with Crippen molar-refractivity contribution >= 4 is 0 Å². The summed E-state index contributed by atoms with van der Waals surface area (Å²) in [5.74, 6) is -0.189. The molecule has 0 amide bonds. The predicted octanol–water partition coefficient (Wildman–Crippen LogP) is 2.47. The summed E-state index contributed by atoms with van der Waals surface area (Å²) in [6.07, 6.45) is 0.956. The topological polar surface area (TPSA) is 21.3 Å². The zero-order valence-corrected chi connectivity index (χ0v) is 9.35. The molecule has 15 heavy (non-hydrogen) atoms. The van der Waals surface area contributed by atoms with Crippen LogP contribution in [0.25, 0.3) is 0 Å². The van der Waals surface area contributed by atoms with Crippen molar-refractivity contribution in [3.05, 3.63) is 35.1 Å². The minimum Gasteiger partial charge on any atom is -0.377 e. The Kier molecular flexibility index (Phi) is 5.29. The molecule has 0 bridgehead atoms. The Hall–Kier alpha value is -0.930. The van der Waals surface area contributed by atoms with Crippen LogP contribution < -0.4 is 5.32 Å². The average molecular weight is 211 g/mol. The number of ether oxygens (including phenoxy) is 1. The predicted molar refractivity (Wildman–Crippen MR) is 59.1 cm³/mol. The van der Waals surface area contributed by atoms with E-state index in [0.29, 0.717) is 18.8 Å². The van der Waals surface area contributed by atoms with Gasteiger partial charge in [-0.1, -0.05) is 13.0 Å². The lowest BCUT2D eigenvalue weighted by Gasteiger charge is -2.07. The third-order valence-corrected chi connectivity index (χ3v) is 2.10. The quantitative estimate of drug-likeness (QED) is 0.730. The Balaban J connectivity index is 2.63. The Labute approximate surface area is 90.4 Å². The van der Waals surface area contributed by atoms with Crippen molar-refractivity contribution in [1.82, 2.24) is 5.32 Å². The van der Waals surface area contributed by atoms with Crippen molar-refractivity contribution in [2.75, 3.05) is 13.7 Å². The van der Waals surface area contributed by atoms with E-state index in [-0.39, 0.29) is 5.82 Å². The van der Waals surface area contributed by atoms with Gasteiger partial charge in [0.1, 0.15) is 5.82 Å². The van der Waals surface area contributed by atoms with Crippen LogP contribution in [0.1, 0.15) is 24.5 Å². The minimum atomic E-state index is -0.189. The molecular formula is C12H18FNO. The fourth-order valence-electron chi connectivity index (χ4n) is 1.38. The van der Waals surface area contributed by atoms with Crippen molar-refractivity contribution in [2.45, 2.75) is 26.5 Å². The maximum absolute atomic E-state index is 13.3. The van der Waals surface area contributed by atoms with Gasteiger partial charge >= 0.3 is 0 Å². The highest BCUT2D eigenvalue weighted by Crippen LogP contribution is 2.12. The first-order chi connectivity index (χ1) is 7.27. The van der Waals surface area contributed by atoms with Gasteiger partial charge in [-0.2, -0.15) is 0 Å². The molecule has 0 heterocycles. The molecule has 0 unspecified atom stereocenters. The summed E-state index contributed by atoms with van der Waals surface area (Å²) in [5, 5.41) is 3.03. The summed E-state index contributed by atoms with van der Waals surface area (Å²) in [6, 6.07) is 5.13. The molecule has 84 valence electrons. The summed E-state index contributed by atoms with van der Waals surface area (Å²) in [7, 11) is 1.87. The number of halogens is 1. The molecule has 0 fully saturated rings. The van der Waals surface area contributed by atoms with Crippen LogP contribution in [0.5, 0.6) is 0 Å². The van der Waals surface area contributed by atoms with Crippen LogP contribution in [0.3, 0.4) is 0 Å². The summed E-state index contributed by atoms with van der Waals surface area (Å²) in [5.41, 5.74) is 1.71. The molecule has 0 aliphatic rings. The number of hydrogen-bond donors (Lipinski definition) is 1. The smallest absolute Gasteiger partial charge is 0.128 e. The van der Waals surface area contributed by atoms with E-state index in [0.717, 1.165) is 18.5 Å². The van der Waals surface area contributed by atoms with Gasteiger partial charge in [0.05, 0.1) is 6.61 Å². The lowest BCUT2D eigenvalue weighted by molar-refractivity contribution is 0.119. The molecule has 0 aliphatic heterocycles. The maximum atomic E-state index is 13.3. The minimum absolute atomic E-state index is 0.189. The van der Waals surface area contributed by atoms with Crippen molar-refractivity contribution < 1.29 is 9.13 Å².